The van der Waals surface area contributed by atoms with Gasteiger partial charge >= 0.3 is 5.97 Å². The number of ether oxygens (including phenoxy) is 1. The lowest BCUT2D eigenvalue weighted by atomic mass is 9.79. The molecule has 1 aliphatic carbocycles. The minimum atomic E-state index is -0.828. The molecule has 136 valence electrons. The van der Waals surface area contributed by atoms with Gasteiger partial charge in [0.05, 0.1) is 11.0 Å². The lowest BCUT2D eigenvalue weighted by molar-refractivity contribution is -0.125. The van der Waals surface area contributed by atoms with Crippen LogP contribution in [0.2, 0.25) is 0 Å². The molecule has 3 heterocycles. The summed E-state index contributed by atoms with van der Waals surface area (Å²) < 4.78 is 5.41. The maximum Gasteiger partial charge on any atom is 0.340 e. The Bertz CT molecular complexity index is 900. The van der Waals surface area contributed by atoms with E-state index >= 15 is 0 Å². The van der Waals surface area contributed by atoms with Crippen LogP contribution in [0, 0.1) is 5.41 Å². The molecule has 8 heteroatoms. The van der Waals surface area contributed by atoms with E-state index in [0.717, 1.165) is 11.3 Å². The van der Waals surface area contributed by atoms with Crippen molar-refractivity contribution in [3.8, 4) is 0 Å². The van der Waals surface area contributed by atoms with E-state index in [1.807, 2.05) is 20.8 Å². The second-order valence-electron chi connectivity index (χ2n) is 7.75. The molecule has 1 amide bonds. The number of aromatic nitrogens is 1. The summed E-state index contributed by atoms with van der Waals surface area (Å²) in [6.45, 7) is 5.78. The Morgan fingerprint density at radius 3 is 2.85 bits per heavy atom. The first kappa shape index (κ1) is 17.0. The zero-order chi connectivity index (χ0) is 18.7. The molecule has 3 aliphatic rings. The van der Waals surface area contributed by atoms with Gasteiger partial charge in [-0.25, -0.2) is 9.79 Å². The van der Waals surface area contributed by atoms with Crippen LogP contribution in [0.4, 0.5) is 0 Å². The highest BCUT2D eigenvalue weighted by Gasteiger charge is 2.55. The molecule has 1 spiro atoms. The van der Waals surface area contributed by atoms with Crippen LogP contribution in [0.1, 0.15) is 42.4 Å². The Kier molecular flexibility index (Phi) is 3.63. The predicted molar refractivity (Wildman–Crippen MR) is 95.7 cm³/mol. The minimum Gasteiger partial charge on any atom is -0.456 e. The summed E-state index contributed by atoms with van der Waals surface area (Å²) in [5, 5.41) is 6.25. The van der Waals surface area contributed by atoms with Crippen LogP contribution >= 0.6 is 11.6 Å². The summed E-state index contributed by atoms with van der Waals surface area (Å²) >= 11 is 6.35. The summed E-state index contributed by atoms with van der Waals surface area (Å²) in [4.78, 5) is 33.8. The standard InChI is InChI=1S/C18H19ClN4O3/c1-17(2,3)26-15(24)10-4-9-5-18(6-11(9)20-7-10)12-13(19)21-8-22-14(12)23-16(18)25/h4,7,21H,5-6,8H2,1-3H3,(H,22,23,25)/t18-/m0/s1. The summed E-state index contributed by atoms with van der Waals surface area (Å²) in [7, 11) is 0. The van der Waals surface area contributed by atoms with Gasteiger partial charge in [-0.3, -0.25) is 9.78 Å². The number of pyridine rings is 1. The zero-order valence-corrected chi connectivity index (χ0v) is 15.5. The molecular weight excluding hydrogens is 356 g/mol. The van der Waals surface area contributed by atoms with E-state index in [1.165, 1.54) is 6.20 Å². The van der Waals surface area contributed by atoms with Crippen molar-refractivity contribution in [2.45, 2.75) is 39.2 Å². The van der Waals surface area contributed by atoms with Gasteiger partial charge in [0, 0.05) is 23.9 Å². The number of hydrogen-bond donors (Lipinski definition) is 2. The molecular formula is C18H19ClN4O3. The molecule has 0 saturated carbocycles. The summed E-state index contributed by atoms with van der Waals surface area (Å²) in [5.74, 6) is -0.0349. The normalized spacial score (nSPS) is 24.0. The number of nitrogens with one attached hydrogen (secondary N) is 2. The van der Waals surface area contributed by atoms with Gasteiger partial charge in [-0.15, -0.1) is 0 Å². The number of amides is 1. The number of esters is 1. The summed E-state index contributed by atoms with van der Waals surface area (Å²) in [6.07, 6.45) is 2.35. The molecule has 1 saturated heterocycles. The maximum atomic E-state index is 12.8. The van der Waals surface area contributed by atoms with Crippen LogP contribution in [0.15, 0.2) is 28.0 Å². The van der Waals surface area contributed by atoms with Crippen LogP contribution in [-0.4, -0.2) is 35.0 Å². The van der Waals surface area contributed by atoms with Crippen LogP contribution in [0.5, 0.6) is 0 Å². The average Bonchev–Trinajstić information content (AvgIpc) is 3.04. The average molecular weight is 375 g/mol. The van der Waals surface area contributed by atoms with Crippen LogP contribution in [0.3, 0.4) is 0 Å². The fourth-order valence-electron chi connectivity index (χ4n) is 3.65. The molecule has 1 fully saturated rings. The first-order valence-electron chi connectivity index (χ1n) is 8.41. The lowest BCUT2D eigenvalue weighted by Gasteiger charge is -2.23. The van der Waals surface area contributed by atoms with E-state index in [9.17, 15) is 9.59 Å². The van der Waals surface area contributed by atoms with Crippen molar-refractivity contribution < 1.29 is 14.3 Å². The number of amidine groups is 1. The van der Waals surface area contributed by atoms with E-state index in [4.69, 9.17) is 16.3 Å². The van der Waals surface area contributed by atoms with Gasteiger partial charge in [-0.05, 0) is 38.8 Å². The molecule has 26 heavy (non-hydrogen) atoms. The first-order valence-corrected chi connectivity index (χ1v) is 8.79. The van der Waals surface area contributed by atoms with Gasteiger partial charge in [0.25, 0.3) is 0 Å². The van der Waals surface area contributed by atoms with Gasteiger partial charge in [-0.1, -0.05) is 11.6 Å². The Morgan fingerprint density at radius 1 is 1.35 bits per heavy atom. The Hall–Kier alpha value is -2.41. The predicted octanol–water partition coefficient (Wildman–Crippen LogP) is 1.66. The van der Waals surface area contributed by atoms with E-state index in [-0.39, 0.29) is 5.91 Å². The van der Waals surface area contributed by atoms with Crippen molar-refractivity contribution in [2.75, 3.05) is 6.67 Å². The molecule has 1 atom stereocenters. The lowest BCUT2D eigenvalue weighted by Crippen LogP contribution is -2.33. The Morgan fingerprint density at radius 2 is 2.12 bits per heavy atom. The van der Waals surface area contributed by atoms with Gasteiger partial charge in [-0.2, -0.15) is 0 Å². The van der Waals surface area contributed by atoms with Crippen LogP contribution in [0.25, 0.3) is 0 Å². The third kappa shape index (κ3) is 2.58. The van der Waals surface area contributed by atoms with Crippen molar-refractivity contribution in [3.63, 3.8) is 0 Å². The molecule has 0 unspecified atom stereocenters. The highest BCUT2D eigenvalue weighted by Crippen LogP contribution is 2.47. The van der Waals surface area contributed by atoms with Crippen LogP contribution in [-0.2, 0) is 22.4 Å². The largest absolute Gasteiger partial charge is 0.456 e. The Balaban J connectivity index is 1.69. The second kappa shape index (κ2) is 5.54. The van der Waals surface area contributed by atoms with E-state index < -0.39 is 17.0 Å². The molecule has 4 rings (SSSR count). The van der Waals surface area contributed by atoms with Gasteiger partial charge in [0.15, 0.2) is 0 Å². The van der Waals surface area contributed by atoms with Crippen molar-refractivity contribution in [3.05, 3.63) is 39.8 Å². The fraction of sp³-hybridized carbons (Fsp3) is 0.444. The number of nitrogens with zero attached hydrogens (tertiary/aromatic N) is 2. The molecule has 2 N–H and O–H groups in total. The van der Waals surface area contributed by atoms with Gasteiger partial charge in [0.1, 0.15) is 23.3 Å². The monoisotopic (exact) mass is 374 g/mol. The molecule has 1 aromatic heterocycles. The minimum absolute atomic E-state index is 0.134. The number of rotatable bonds is 1. The Labute approximate surface area is 155 Å². The highest BCUT2D eigenvalue weighted by molar-refractivity contribution is 6.35. The van der Waals surface area contributed by atoms with Gasteiger partial charge < -0.3 is 15.4 Å². The smallest absolute Gasteiger partial charge is 0.340 e. The summed E-state index contributed by atoms with van der Waals surface area (Å²) in [5.41, 5.74) is 1.30. The number of carbonyl (C=O) groups is 2. The SMILES string of the molecule is CC(C)(C)OC(=O)c1cnc2c(c1)C[C@@]1(C2)C(=O)NC2=NCNC(Cl)=C21. The van der Waals surface area contributed by atoms with Crippen LogP contribution < -0.4 is 10.6 Å². The molecule has 2 aliphatic heterocycles. The topological polar surface area (TPSA) is 92.7 Å². The van der Waals surface area contributed by atoms with Crippen molar-refractivity contribution in [1.82, 2.24) is 15.6 Å². The molecule has 0 bridgehead atoms. The van der Waals surface area contributed by atoms with Gasteiger partial charge in [0.2, 0.25) is 5.91 Å². The van der Waals surface area contributed by atoms with E-state index in [2.05, 4.69) is 20.6 Å². The molecule has 0 aromatic carbocycles. The highest BCUT2D eigenvalue weighted by atomic mass is 35.5. The third-order valence-corrected chi connectivity index (χ3v) is 5.05. The number of halogens is 1. The second-order valence-corrected chi connectivity index (χ2v) is 8.13. The van der Waals surface area contributed by atoms with E-state index in [0.29, 0.717) is 41.6 Å². The number of fused-ring (bicyclic) bond motifs is 3. The van der Waals surface area contributed by atoms with Crippen molar-refractivity contribution in [2.24, 2.45) is 10.4 Å². The number of carbonyl (C=O) groups excluding carboxylic acids is 2. The fourth-order valence-corrected chi connectivity index (χ4v) is 3.98. The first-order chi connectivity index (χ1) is 12.2. The van der Waals surface area contributed by atoms with Crippen molar-refractivity contribution >= 4 is 29.3 Å². The molecule has 0 radical (unpaired) electrons. The third-order valence-electron chi connectivity index (χ3n) is 4.73. The number of aliphatic imine (C=N–C) groups is 1. The summed E-state index contributed by atoms with van der Waals surface area (Å²) in [6, 6.07) is 1.76. The maximum absolute atomic E-state index is 12.8. The van der Waals surface area contributed by atoms with E-state index in [1.54, 1.807) is 6.07 Å². The number of hydrogen-bond acceptors (Lipinski definition) is 6. The molecule has 7 nitrogen and oxygen atoms in total. The zero-order valence-electron chi connectivity index (χ0n) is 14.8. The molecule has 1 aromatic rings. The van der Waals surface area contributed by atoms with Crippen molar-refractivity contribution in [1.29, 1.82) is 0 Å². The quantitative estimate of drug-likeness (QED) is 0.576.